The molecule has 9 rings (SSSR count). The van der Waals surface area contributed by atoms with E-state index in [0.717, 1.165) is 54.9 Å². The molecule has 7 aromatic rings. The van der Waals surface area contributed by atoms with E-state index in [4.69, 9.17) is 9.99 Å². The first-order valence-corrected chi connectivity index (χ1v) is 27.3. The summed E-state index contributed by atoms with van der Waals surface area (Å²) in [7, 11) is -14.2. The standard InChI is InChI=1S/C47H41N7O16S4/c1-3-24-11-13-26(14-12-24)48-45-51-46(53-47(52-45)68-27-15-17-28(18-16-27)71-70-69-58)50-34-22-33(36(73(62,63)64)23-37(34)74(65,66)67)49-32-19-20-35-40-38(30-9-4-5-10-31(30)43(56)39(32)40)41(44(57)54(35)2)42(55)25-7-6-8-29(21-25)72(59,60)61/h4-10,15-24,26,49,58H,3,11-14H2,1-2H3,(H,59,60,61)(H,62,63,64)(H,65,66,67)(H2,48,50,51,52,53). The van der Waals surface area contributed by atoms with E-state index in [9.17, 15) is 53.3 Å². The minimum absolute atomic E-state index is 0.0114. The van der Waals surface area contributed by atoms with Gasteiger partial charge in [-0.15, -0.1) is 4.33 Å². The molecule has 0 unspecified atom stereocenters. The molecular formula is C47H41N7O16S4. The Kier molecular flexibility index (Phi) is 14.2. The Morgan fingerprint density at radius 3 is 2.04 bits per heavy atom. The molecule has 1 saturated carbocycles. The third kappa shape index (κ3) is 10.5. The van der Waals surface area contributed by atoms with Crippen LogP contribution in [0.15, 0.2) is 121 Å². The number of pyridine rings is 1. The Morgan fingerprint density at radius 2 is 1.39 bits per heavy atom. The van der Waals surface area contributed by atoms with Crippen LogP contribution in [0, 0.1) is 5.92 Å². The van der Waals surface area contributed by atoms with Crippen molar-refractivity contribution < 1.29 is 67.9 Å². The van der Waals surface area contributed by atoms with Crippen molar-refractivity contribution >= 4 is 93.8 Å². The molecule has 2 aromatic heterocycles. The number of rotatable bonds is 17. The fourth-order valence-electron chi connectivity index (χ4n) is 9.02. The molecule has 384 valence electrons. The van der Waals surface area contributed by atoms with Crippen molar-refractivity contribution in [3.05, 3.63) is 130 Å². The van der Waals surface area contributed by atoms with Crippen LogP contribution in [-0.4, -0.2) is 81.3 Å². The van der Waals surface area contributed by atoms with Crippen molar-refractivity contribution in [3.63, 3.8) is 0 Å². The molecule has 74 heavy (non-hydrogen) atoms. The normalized spacial score (nSPS) is 15.6. The molecule has 5 aromatic carbocycles. The summed E-state index contributed by atoms with van der Waals surface area (Å²) >= 11 is 0.696. The fourth-order valence-corrected chi connectivity index (χ4v) is 11.3. The van der Waals surface area contributed by atoms with Crippen molar-refractivity contribution in [2.24, 2.45) is 13.0 Å². The van der Waals surface area contributed by atoms with Gasteiger partial charge >= 0.3 is 6.01 Å². The number of carbonyl (C=O) groups excluding carboxylic acids is 2. The average Bonchev–Trinajstić information content (AvgIpc) is 3.35. The van der Waals surface area contributed by atoms with Crippen LogP contribution in [-0.2, 0) is 46.8 Å². The van der Waals surface area contributed by atoms with Gasteiger partial charge in [0.25, 0.3) is 35.9 Å². The lowest BCUT2D eigenvalue weighted by Crippen LogP contribution is -2.29. The Labute approximate surface area is 425 Å². The van der Waals surface area contributed by atoms with Gasteiger partial charge in [-0.3, -0.25) is 28.0 Å². The summed E-state index contributed by atoms with van der Waals surface area (Å²) in [6.45, 7) is 2.12. The van der Waals surface area contributed by atoms with Gasteiger partial charge in [-0.1, -0.05) is 54.8 Å². The van der Waals surface area contributed by atoms with Gasteiger partial charge in [-0.05, 0) is 97.8 Å². The third-order valence-electron chi connectivity index (χ3n) is 12.6. The van der Waals surface area contributed by atoms with Gasteiger partial charge in [0.2, 0.25) is 11.9 Å². The Morgan fingerprint density at radius 1 is 0.730 bits per heavy atom. The Balaban J connectivity index is 1.19. The molecule has 2 aliphatic carbocycles. The lowest BCUT2D eigenvalue weighted by atomic mass is 9.80. The summed E-state index contributed by atoms with van der Waals surface area (Å²) in [5.41, 5.74) is -2.97. The number of nitrogens with one attached hydrogen (secondary N) is 3. The molecule has 0 spiro atoms. The fraction of sp³-hybridized carbons (Fsp3) is 0.191. The van der Waals surface area contributed by atoms with Gasteiger partial charge in [0.15, 0.2) is 11.6 Å². The molecule has 2 aliphatic rings. The Hall–Kier alpha value is -7.18. The van der Waals surface area contributed by atoms with Crippen LogP contribution in [0.25, 0.3) is 22.0 Å². The number of aromatic nitrogens is 4. The first-order chi connectivity index (χ1) is 35.1. The van der Waals surface area contributed by atoms with Crippen LogP contribution < -0.4 is 26.2 Å². The second-order valence-electron chi connectivity index (χ2n) is 17.1. The Bertz CT molecular complexity index is 3850. The molecule has 0 bridgehead atoms. The number of ether oxygens (including phenoxy) is 1. The van der Waals surface area contributed by atoms with Gasteiger partial charge in [0.1, 0.15) is 15.5 Å². The van der Waals surface area contributed by atoms with Gasteiger partial charge in [0.05, 0.1) is 50.6 Å². The van der Waals surface area contributed by atoms with Gasteiger partial charge in [-0.25, -0.2) is 5.26 Å². The number of ketones is 2. The maximum absolute atomic E-state index is 14.8. The SMILES string of the molecule is CCC1CCC(Nc2nc(Nc3cc(Nc4ccc5c6c4C(=O)c4ccccc4-c6c(C(=O)c4cccc(S(=O)(=O)O)c4)c(=O)n5C)c(S(=O)(=O)O)cc3S(=O)(=O)O)nc(Oc3ccc(SOOO)cc3)n2)CC1. The van der Waals surface area contributed by atoms with Crippen molar-refractivity contribution in [1.82, 2.24) is 19.5 Å². The molecule has 0 atom stereocenters. The molecular weight excluding hydrogens is 1050 g/mol. The maximum Gasteiger partial charge on any atom is 0.328 e. The minimum atomic E-state index is -5.40. The number of fused-ring (bicyclic) bond motifs is 2. The highest BCUT2D eigenvalue weighted by atomic mass is 32.2. The number of hydrogen-bond acceptors (Lipinski definition) is 20. The summed E-state index contributed by atoms with van der Waals surface area (Å²) in [5, 5.41) is 21.0. The molecule has 0 aliphatic heterocycles. The lowest BCUT2D eigenvalue weighted by molar-refractivity contribution is -0.432. The largest absolute Gasteiger partial charge is 0.424 e. The summed E-state index contributed by atoms with van der Waals surface area (Å²) in [5.74, 6) is -1.31. The van der Waals surface area contributed by atoms with Crippen molar-refractivity contribution in [1.29, 1.82) is 0 Å². The number of benzene rings is 5. The molecule has 0 radical (unpaired) electrons. The topological polar surface area (TPSA) is 342 Å². The van der Waals surface area contributed by atoms with Crippen molar-refractivity contribution in [3.8, 4) is 22.9 Å². The monoisotopic (exact) mass is 1090 g/mol. The van der Waals surface area contributed by atoms with E-state index >= 15 is 0 Å². The van der Waals surface area contributed by atoms with Gasteiger partial charge in [0, 0.05) is 40.1 Å². The predicted octanol–water partition coefficient (Wildman–Crippen LogP) is 7.99. The van der Waals surface area contributed by atoms with Crippen LogP contribution in [0.1, 0.15) is 70.9 Å². The zero-order chi connectivity index (χ0) is 52.9. The molecule has 1 fully saturated rings. The highest BCUT2D eigenvalue weighted by Gasteiger charge is 2.35. The molecule has 0 saturated heterocycles. The second-order valence-corrected chi connectivity index (χ2v) is 22.1. The van der Waals surface area contributed by atoms with E-state index in [0.29, 0.717) is 28.9 Å². The first kappa shape index (κ1) is 51.7. The van der Waals surface area contributed by atoms with E-state index in [2.05, 4.69) is 47.2 Å². The summed E-state index contributed by atoms with van der Waals surface area (Å²) in [6.07, 6.45) is 4.42. The number of aryl methyl sites for hydroxylation is 1. The quantitative estimate of drug-likeness (QED) is 0.0149. The smallest absolute Gasteiger partial charge is 0.328 e. The van der Waals surface area contributed by atoms with Gasteiger partial charge < -0.3 is 25.3 Å². The van der Waals surface area contributed by atoms with E-state index < -0.39 is 79.1 Å². The minimum Gasteiger partial charge on any atom is -0.424 e. The highest BCUT2D eigenvalue weighted by Crippen LogP contribution is 2.45. The molecule has 2 heterocycles. The van der Waals surface area contributed by atoms with E-state index in [1.807, 2.05) is 0 Å². The van der Waals surface area contributed by atoms with Crippen LogP contribution in [0.4, 0.5) is 29.0 Å². The number of nitrogens with zero attached hydrogens (tertiary/aromatic N) is 4. The summed E-state index contributed by atoms with van der Waals surface area (Å²) in [4.78, 5) is 54.4. The van der Waals surface area contributed by atoms with Crippen LogP contribution in [0.2, 0.25) is 0 Å². The number of hydrogen-bond donors (Lipinski definition) is 7. The van der Waals surface area contributed by atoms with Crippen LogP contribution >= 0.6 is 12.0 Å². The van der Waals surface area contributed by atoms with Crippen LogP contribution in [0.3, 0.4) is 0 Å². The molecule has 27 heteroatoms. The zero-order valence-corrected chi connectivity index (χ0v) is 41.8. The average molecular weight is 1090 g/mol. The summed E-state index contributed by atoms with van der Waals surface area (Å²) < 4.78 is 119. The number of carbonyl (C=O) groups is 2. The zero-order valence-electron chi connectivity index (χ0n) is 38.5. The second kappa shape index (κ2) is 20.3. The maximum atomic E-state index is 14.8. The summed E-state index contributed by atoms with van der Waals surface area (Å²) in [6, 6.07) is 20.1. The molecule has 0 amide bonds. The van der Waals surface area contributed by atoms with E-state index in [1.165, 1.54) is 61.6 Å². The molecule has 23 nitrogen and oxygen atoms in total. The van der Waals surface area contributed by atoms with Crippen molar-refractivity contribution in [2.45, 2.75) is 64.7 Å². The lowest BCUT2D eigenvalue weighted by Gasteiger charge is -2.28. The predicted molar refractivity (Wildman–Crippen MR) is 267 cm³/mol. The first-order valence-electron chi connectivity index (χ1n) is 22.2. The van der Waals surface area contributed by atoms with Crippen LogP contribution in [0.5, 0.6) is 11.8 Å². The highest BCUT2D eigenvalue weighted by molar-refractivity contribution is 7.94. The van der Waals surface area contributed by atoms with Gasteiger partial charge in [-0.2, -0.15) is 40.2 Å². The van der Waals surface area contributed by atoms with Crippen molar-refractivity contribution in [2.75, 3.05) is 16.0 Å². The van der Waals surface area contributed by atoms with E-state index in [1.54, 1.807) is 18.2 Å². The molecule has 7 N–H and O–H groups in total. The van der Waals surface area contributed by atoms with E-state index in [-0.39, 0.29) is 74.1 Å². The number of anilines is 5. The third-order valence-corrected chi connectivity index (χ3v) is 15.8.